The highest BCUT2D eigenvalue weighted by atomic mass is 79.9. The van der Waals surface area contributed by atoms with Gasteiger partial charge in [0, 0.05) is 10.0 Å². The molecule has 0 aliphatic rings. The summed E-state index contributed by atoms with van der Waals surface area (Å²) in [6, 6.07) is 13.2. The molecule has 0 aromatic heterocycles. The molecule has 0 N–H and O–H groups in total. The quantitative estimate of drug-likeness (QED) is 0.741. The Bertz CT molecular complexity index is 520. The second kappa shape index (κ2) is 4.81. The number of carbonyl (C=O) groups is 1. The predicted molar refractivity (Wildman–Crippen MR) is 70.0 cm³/mol. The Balaban J connectivity index is 2.42. The molecular weight excluding hydrogens is 287 g/mol. The van der Waals surface area contributed by atoms with Crippen LogP contribution in [0, 0.1) is 0 Å². The van der Waals surface area contributed by atoms with E-state index in [1.54, 1.807) is 12.1 Å². The van der Waals surface area contributed by atoms with Crippen molar-refractivity contribution in [1.29, 1.82) is 0 Å². The van der Waals surface area contributed by atoms with Gasteiger partial charge in [-0.2, -0.15) is 0 Å². The lowest BCUT2D eigenvalue weighted by Crippen LogP contribution is -1.81. The minimum atomic E-state index is 0.678. The molecule has 0 aliphatic carbocycles. The van der Waals surface area contributed by atoms with Crippen molar-refractivity contribution in [3.63, 3.8) is 0 Å². The van der Waals surface area contributed by atoms with E-state index in [-0.39, 0.29) is 0 Å². The summed E-state index contributed by atoms with van der Waals surface area (Å²) in [6.07, 6.45) is 0.835. The summed E-state index contributed by atoms with van der Waals surface area (Å²) in [6.45, 7) is 0. The molecule has 0 spiro atoms. The van der Waals surface area contributed by atoms with Crippen molar-refractivity contribution in [2.45, 2.75) is 0 Å². The summed E-state index contributed by atoms with van der Waals surface area (Å²) in [5, 5.41) is 0.688. The summed E-state index contributed by atoms with van der Waals surface area (Å²) in [7, 11) is 0. The zero-order valence-electron chi connectivity index (χ0n) is 8.28. The fraction of sp³-hybridized carbons (Fsp3) is 0. The molecular formula is C13H8BrClO. The Kier molecular flexibility index (Phi) is 3.42. The Hall–Kier alpha value is -1.12. The first kappa shape index (κ1) is 11.4. The van der Waals surface area contributed by atoms with Crippen LogP contribution in [0.25, 0.3) is 11.1 Å². The number of benzene rings is 2. The van der Waals surface area contributed by atoms with Gasteiger partial charge in [-0.25, -0.2) is 0 Å². The van der Waals surface area contributed by atoms with Gasteiger partial charge in [-0.3, -0.25) is 4.79 Å². The van der Waals surface area contributed by atoms with Crippen LogP contribution in [0.15, 0.2) is 46.9 Å². The average molecular weight is 296 g/mol. The van der Waals surface area contributed by atoms with Crippen molar-refractivity contribution in [2.24, 2.45) is 0 Å². The molecule has 0 bridgehead atoms. The summed E-state index contributed by atoms with van der Waals surface area (Å²) in [5.41, 5.74) is 2.80. The molecule has 0 saturated carbocycles. The van der Waals surface area contributed by atoms with Gasteiger partial charge < -0.3 is 0 Å². The zero-order valence-corrected chi connectivity index (χ0v) is 10.6. The number of halogens is 2. The minimum absolute atomic E-state index is 0.678. The highest BCUT2D eigenvalue weighted by Gasteiger charge is 2.01. The summed E-state index contributed by atoms with van der Waals surface area (Å²) in [4.78, 5) is 10.5. The van der Waals surface area contributed by atoms with Crippen LogP contribution in [0.2, 0.25) is 5.02 Å². The molecule has 2 rings (SSSR count). The topological polar surface area (TPSA) is 17.1 Å². The Morgan fingerprint density at radius 1 is 1.00 bits per heavy atom. The van der Waals surface area contributed by atoms with Gasteiger partial charge in [0.2, 0.25) is 0 Å². The highest BCUT2D eigenvalue weighted by molar-refractivity contribution is 9.10. The lowest BCUT2D eigenvalue weighted by atomic mass is 10.0. The van der Waals surface area contributed by atoms with Gasteiger partial charge >= 0.3 is 0 Å². The molecule has 0 unspecified atom stereocenters. The molecule has 0 amide bonds. The van der Waals surface area contributed by atoms with Crippen molar-refractivity contribution in [3.05, 3.63) is 57.5 Å². The largest absolute Gasteiger partial charge is 0.298 e. The van der Waals surface area contributed by atoms with E-state index in [2.05, 4.69) is 15.9 Å². The van der Waals surface area contributed by atoms with Gasteiger partial charge in [-0.1, -0.05) is 41.9 Å². The van der Waals surface area contributed by atoms with E-state index in [4.69, 9.17) is 11.6 Å². The Labute approximate surface area is 107 Å². The highest BCUT2D eigenvalue weighted by Crippen LogP contribution is 2.28. The van der Waals surface area contributed by atoms with Gasteiger partial charge in [0.15, 0.2) is 0 Å². The van der Waals surface area contributed by atoms with Crippen LogP contribution >= 0.6 is 27.5 Å². The van der Waals surface area contributed by atoms with Gasteiger partial charge in [0.1, 0.15) is 6.29 Å². The van der Waals surface area contributed by atoms with Crippen LogP contribution in [0.3, 0.4) is 0 Å². The number of aldehydes is 1. The number of carbonyl (C=O) groups excluding carboxylic acids is 1. The van der Waals surface area contributed by atoms with Crippen molar-refractivity contribution in [3.8, 4) is 11.1 Å². The van der Waals surface area contributed by atoms with Crippen molar-refractivity contribution in [2.75, 3.05) is 0 Å². The van der Waals surface area contributed by atoms with E-state index in [1.807, 2.05) is 30.3 Å². The van der Waals surface area contributed by atoms with Crippen LogP contribution in [0.4, 0.5) is 0 Å². The number of hydrogen-bond donors (Lipinski definition) is 0. The smallest absolute Gasteiger partial charge is 0.150 e. The molecule has 1 nitrogen and oxygen atoms in total. The molecule has 0 atom stereocenters. The summed E-state index contributed by atoms with van der Waals surface area (Å²) < 4.78 is 0.867. The van der Waals surface area contributed by atoms with Gasteiger partial charge in [-0.15, -0.1) is 0 Å². The lowest BCUT2D eigenvalue weighted by molar-refractivity contribution is 0.112. The molecule has 2 aromatic carbocycles. The average Bonchev–Trinajstić information content (AvgIpc) is 2.33. The normalized spacial score (nSPS) is 10.1. The van der Waals surface area contributed by atoms with Crippen molar-refractivity contribution >= 4 is 33.8 Å². The molecule has 0 radical (unpaired) electrons. The standard InChI is InChI=1S/C13H8BrClO/c14-12-7-11(5-6-13(12)15)10-3-1-9(8-16)2-4-10/h1-8H. The summed E-state index contributed by atoms with van der Waals surface area (Å²) in [5.74, 6) is 0. The minimum Gasteiger partial charge on any atom is -0.298 e. The van der Waals surface area contributed by atoms with E-state index in [1.165, 1.54) is 0 Å². The molecule has 2 aromatic rings. The van der Waals surface area contributed by atoms with Crippen molar-refractivity contribution in [1.82, 2.24) is 0 Å². The monoisotopic (exact) mass is 294 g/mol. The second-order valence-electron chi connectivity index (χ2n) is 3.37. The van der Waals surface area contributed by atoms with Gasteiger partial charge in [0.25, 0.3) is 0 Å². The maximum absolute atomic E-state index is 10.5. The molecule has 16 heavy (non-hydrogen) atoms. The molecule has 0 fully saturated rings. The lowest BCUT2D eigenvalue weighted by Gasteiger charge is -2.03. The molecule has 0 aliphatic heterocycles. The van der Waals surface area contributed by atoms with E-state index >= 15 is 0 Å². The van der Waals surface area contributed by atoms with Crippen molar-refractivity contribution < 1.29 is 4.79 Å². The van der Waals surface area contributed by atoms with E-state index in [0.29, 0.717) is 10.6 Å². The first-order valence-corrected chi connectivity index (χ1v) is 5.88. The maximum Gasteiger partial charge on any atom is 0.150 e. The first-order valence-electron chi connectivity index (χ1n) is 4.71. The third-order valence-electron chi connectivity index (χ3n) is 2.30. The third kappa shape index (κ3) is 2.34. The first-order chi connectivity index (χ1) is 7.70. The fourth-order valence-electron chi connectivity index (χ4n) is 1.43. The maximum atomic E-state index is 10.5. The number of hydrogen-bond acceptors (Lipinski definition) is 1. The van der Waals surface area contributed by atoms with E-state index in [9.17, 15) is 4.79 Å². The SMILES string of the molecule is O=Cc1ccc(-c2ccc(Cl)c(Br)c2)cc1. The Morgan fingerprint density at radius 2 is 1.62 bits per heavy atom. The molecule has 0 heterocycles. The summed E-state index contributed by atoms with van der Waals surface area (Å²) >= 11 is 9.31. The van der Waals surface area contributed by atoms with Gasteiger partial charge in [0.05, 0.1) is 5.02 Å². The van der Waals surface area contributed by atoms with Crippen LogP contribution in [-0.4, -0.2) is 6.29 Å². The van der Waals surface area contributed by atoms with E-state index < -0.39 is 0 Å². The van der Waals surface area contributed by atoms with Crippen LogP contribution in [-0.2, 0) is 0 Å². The predicted octanol–water partition coefficient (Wildman–Crippen LogP) is 4.58. The fourth-order valence-corrected chi connectivity index (χ4v) is 1.93. The Morgan fingerprint density at radius 3 is 2.19 bits per heavy atom. The van der Waals surface area contributed by atoms with Crippen LogP contribution in [0.1, 0.15) is 10.4 Å². The second-order valence-corrected chi connectivity index (χ2v) is 4.63. The molecule has 3 heteroatoms. The molecule has 0 saturated heterocycles. The van der Waals surface area contributed by atoms with E-state index in [0.717, 1.165) is 21.9 Å². The third-order valence-corrected chi connectivity index (χ3v) is 3.51. The van der Waals surface area contributed by atoms with Crippen LogP contribution < -0.4 is 0 Å². The number of rotatable bonds is 2. The van der Waals surface area contributed by atoms with Crippen LogP contribution in [0.5, 0.6) is 0 Å². The zero-order chi connectivity index (χ0) is 11.5. The van der Waals surface area contributed by atoms with Gasteiger partial charge in [-0.05, 0) is 39.2 Å². The molecule has 80 valence electrons.